The second-order valence-corrected chi connectivity index (χ2v) is 7.70. The Morgan fingerprint density at radius 3 is 2.36 bits per heavy atom. The maximum atomic E-state index is 12.7. The van der Waals surface area contributed by atoms with Gasteiger partial charge >= 0.3 is 0 Å². The average molecular weight is 380 g/mol. The quantitative estimate of drug-likeness (QED) is 0.809. The summed E-state index contributed by atoms with van der Waals surface area (Å²) in [4.78, 5) is 27.1. The zero-order chi connectivity index (χ0) is 20.1. The first kappa shape index (κ1) is 20.1. The number of nitrogens with zero attached hydrogens (tertiary/aromatic N) is 1. The van der Waals surface area contributed by atoms with Gasteiger partial charge in [0.2, 0.25) is 5.91 Å². The molecule has 1 fully saturated rings. The Morgan fingerprint density at radius 1 is 1.07 bits per heavy atom. The van der Waals surface area contributed by atoms with E-state index in [4.69, 9.17) is 5.73 Å². The van der Waals surface area contributed by atoms with Crippen LogP contribution in [0.4, 0.5) is 0 Å². The number of carbonyl (C=O) groups excluding carboxylic acids is 2. The van der Waals surface area contributed by atoms with E-state index >= 15 is 0 Å². The third kappa shape index (κ3) is 4.60. The number of hydrogen-bond acceptors (Lipinski definition) is 3. The minimum absolute atomic E-state index is 0.0909. The van der Waals surface area contributed by atoms with E-state index in [2.05, 4.69) is 31.3 Å². The Bertz CT molecular complexity index is 802. The summed E-state index contributed by atoms with van der Waals surface area (Å²) in [7, 11) is 0. The first-order valence-corrected chi connectivity index (χ1v) is 9.96. The van der Waals surface area contributed by atoms with Crippen molar-refractivity contribution in [3.05, 3.63) is 71.3 Å². The topological polar surface area (TPSA) is 75.4 Å². The molecule has 28 heavy (non-hydrogen) atoms. The van der Waals surface area contributed by atoms with E-state index in [1.807, 2.05) is 30.3 Å². The molecule has 2 atom stereocenters. The van der Waals surface area contributed by atoms with Crippen LogP contribution in [0.2, 0.25) is 0 Å². The lowest BCUT2D eigenvalue weighted by Gasteiger charge is -2.25. The molecule has 0 bridgehead atoms. The van der Waals surface area contributed by atoms with Crippen molar-refractivity contribution in [1.29, 1.82) is 0 Å². The molecule has 1 heterocycles. The van der Waals surface area contributed by atoms with Gasteiger partial charge in [-0.3, -0.25) is 9.59 Å². The molecule has 5 heteroatoms. The van der Waals surface area contributed by atoms with Crippen LogP contribution in [-0.4, -0.2) is 35.8 Å². The fraction of sp³-hybridized carbons (Fsp3) is 0.391. The molecule has 0 spiro atoms. The zero-order valence-electron chi connectivity index (χ0n) is 16.6. The summed E-state index contributed by atoms with van der Waals surface area (Å²) in [6.45, 7) is 5.26. The highest BCUT2D eigenvalue weighted by molar-refractivity contribution is 5.97. The van der Waals surface area contributed by atoms with E-state index < -0.39 is 6.04 Å². The standard InChI is InChI=1S/C23H29N3O2/c1-16(2)17-10-12-18(13-11-17)20(24)15-25-22(27)21-9-6-14-26(21)23(28)19-7-4-3-5-8-19/h3-5,7-8,10-13,16,20-21H,6,9,14-15,24H2,1-2H3,(H,25,27). The van der Waals surface area contributed by atoms with E-state index in [1.165, 1.54) is 5.56 Å². The van der Waals surface area contributed by atoms with Crippen LogP contribution in [0.25, 0.3) is 0 Å². The highest BCUT2D eigenvalue weighted by Crippen LogP contribution is 2.21. The molecule has 3 N–H and O–H groups in total. The fourth-order valence-corrected chi connectivity index (χ4v) is 3.60. The SMILES string of the molecule is CC(C)c1ccc(C(N)CNC(=O)C2CCCN2C(=O)c2ccccc2)cc1. The lowest BCUT2D eigenvalue weighted by molar-refractivity contribution is -0.124. The van der Waals surface area contributed by atoms with Gasteiger partial charge in [-0.05, 0) is 42.0 Å². The fourth-order valence-electron chi connectivity index (χ4n) is 3.60. The molecule has 1 saturated heterocycles. The van der Waals surface area contributed by atoms with E-state index in [1.54, 1.807) is 17.0 Å². The predicted molar refractivity (Wildman–Crippen MR) is 111 cm³/mol. The third-order valence-corrected chi connectivity index (χ3v) is 5.36. The normalized spacial score (nSPS) is 17.6. The van der Waals surface area contributed by atoms with Crippen LogP contribution in [0.5, 0.6) is 0 Å². The summed E-state index contributed by atoms with van der Waals surface area (Å²) in [5.41, 5.74) is 9.13. The molecule has 0 aromatic heterocycles. The number of amides is 2. The highest BCUT2D eigenvalue weighted by Gasteiger charge is 2.34. The zero-order valence-corrected chi connectivity index (χ0v) is 16.6. The van der Waals surface area contributed by atoms with Gasteiger partial charge in [0, 0.05) is 24.7 Å². The molecule has 2 aromatic carbocycles. The van der Waals surface area contributed by atoms with Crippen molar-refractivity contribution in [2.24, 2.45) is 5.73 Å². The Morgan fingerprint density at radius 2 is 1.71 bits per heavy atom. The summed E-state index contributed by atoms with van der Waals surface area (Å²) >= 11 is 0. The first-order valence-electron chi connectivity index (χ1n) is 9.96. The van der Waals surface area contributed by atoms with E-state index in [-0.39, 0.29) is 17.9 Å². The van der Waals surface area contributed by atoms with Crippen LogP contribution in [0.1, 0.15) is 60.1 Å². The van der Waals surface area contributed by atoms with Gasteiger partial charge in [0.15, 0.2) is 0 Å². The number of rotatable bonds is 6. The molecular weight excluding hydrogens is 350 g/mol. The summed E-state index contributed by atoms with van der Waals surface area (Å²) in [5, 5.41) is 2.94. The summed E-state index contributed by atoms with van der Waals surface area (Å²) in [6, 6.07) is 16.6. The van der Waals surface area contributed by atoms with Crippen molar-refractivity contribution in [2.75, 3.05) is 13.1 Å². The maximum Gasteiger partial charge on any atom is 0.254 e. The molecular formula is C23H29N3O2. The van der Waals surface area contributed by atoms with Crippen molar-refractivity contribution in [3.63, 3.8) is 0 Å². The Hall–Kier alpha value is -2.66. The number of hydrogen-bond donors (Lipinski definition) is 2. The maximum absolute atomic E-state index is 12.7. The van der Waals surface area contributed by atoms with E-state index in [0.29, 0.717) is 31.0 Å². The van der Waals surface area contributed by atoms with Crippen LogP contribution >= 0.6 is 0 Å². The van der Waals surface area contributed by atoms with Crippen molar-refractivity contribution in [1.82, 2.24) is 10.2 Å². The Labute approximate surface area is 166 Å². The van der Waals surface area contributed by atoms with Gasteiger partial charge < -0.3 is 16.0 Å². The van der Waals surface area contributed by atoms with Crippen LogP contribution in [0.3, 0.4) is 0 Å². The van der Waals surface area contributed by atoms with Gasteiger partial charge in [0.1, 0.15) is 6.04 Å². The van der Waals surface area contributed by atoms with Crippen LogP contribution in [-0.2, 0) is 4.79 Å². The number of likely N-dealkylation sites (tertiary alicyclic amines) is 1. The van der Waals surface area contributed by atoms with Gasteiger partial charge in [-0.1, -0.05) is 56.3 Å². The molecule has 0 aliphatic carbocycles. The van der Waals surface area contributed by atoms with E-state index in [0.717, 1.165) is 12.0 Å². The molecule has 1 aliphatic rings. The lowest BCUT2D eigenvalue weighted by atomic mass is 9.99. The van der Waals surface area contributed by atoms with Gasteiger partial charge in [0.25, 0.3) is 5.91 Å². The molecule has 148 valence electrons. The van der Waals surface area contributed by atoms with Crippen molar-refractivity contribution < 1.29 is 9.59 Å². The molecule has 0 radical (unpaired) electrons. The van der Waals surface area contributed by atoms with Crippen LogP contribution in [0, 0.1) is 0 Å². The summed E-state index contributed by atoms with van der Waals surface area (Å²) in [5.74, 6) is 0.253. The summed E-state index contributed by atoms with van der Waals surface area (Å²) in [6.07, 6.45) is 1.52. The lowest BCUT2D eigenvalue weighted by Crippen LogP contribution is -2.47. The van der Waals surface area contributed by atoms with E-state index in [9.17, 15) is 9.59 Å². The molecule has 0 saturated carbocycles. The Balaban J connectivity index is 1.58. The number of nitrogens with one attached hydrogen (secondary N) is 1. The third-order valence-electron chi connectivity index (χ3n) is 5.36. The highest BCUT2D eigenvalue weighted by atomic mass is 16.2. The van der Waals surface area contributed by atoms with Crippen molar-refractivity contribution in [2.45, 2.75) is 44.7 Å². The molecule has 2 amide bonds. The Kier molecular flexibility index (Phi) is 6.47. The van der Waals surface area contributed by atoms with Crippen molar-refractivity contribution >= 4 is 11.8 Å². The molecule has 2 aromatic rings. The minimum Gasteiger partial charge on any atom is -0.352 e. The molecule has 1 aliphatic heterocycles. The van der Waals surface area contributed by atoms with Gasteiger partial charge in [-0.2, -0.15) is 0 Å². The second kappa shape index (κ2) is 9.02. The number of carbonyl (C=O) groups is 2. The second-order valence-electron chi connectivity index (χ2n) is 7.70. The predicted octanol–water partition coefficient (Wildman–Crippen LogP) is 3.23. The molecule has 3 rings (SSSR count). The minimum atomic E-state index is -0.428. The monoisotopic (exact) mass is 379 g/mol. The van der Waals surface area contributed by atoms with Crippen LogP contribution < -0.4 is 11.1 Å². The molecule has 5 nitrogen and oxygen atoms in total. The van der Waals surface area contributed by atoms with Crippen molar-refractivity contribution in [3.8, 4) is 0 Å². The number of benzene rings is 2. The smallest absolute Gasteiger partial charge is 0.254 e. The largest absolute Gasteiger partial charge is 0.352 e. The first-order chi connectivity index (χ1) is 13.5. The van der Waals surface area contributed by atoms with Gasteiger partial charge in [0.05, 0.1) is 0 Å². The molecule has 2 unspecified atom stereocenters. The average Bonchev–Trinajstić information content (AvgIpc) is 3.22. The summed E-state index contributed by atoms with van der Waals surface area (Å²) < 4.78 is 0. The number of nitrogens with two attached hydrogens (primary N) is 1. The van der Waals surface area contributed by atoms with Gasteiger partial charge in [-0.25, -0.2) is 0 Å². The van der Waals surface area contributed by atoms with Gasteiger partial charge in [-0.15, -0.1) is 0 Å². The van der Waals surface area contributed by atoms with Crippen LogP contribution in [0.15, 0.2) is 54.6 Å².